The Morgan fingerprint density at radius 2 is 1.56 bits per heavy atom. The van der Waals surface area contributed by atoms with E-state index >= 15 is 0 Å². The Balaban J connectivity index is 1.73. The molecule has 0 aromatic heterocycles. The van der Waals surface area contributed by atoms with E-state index in [2.05, 4.69) is 92.8 Å². The predicted molar refractivity (Wildman–Crippen MR) is 132 cm³/mol. The molecule has 0 aliphatic carbocycles. The molecule has 3 rings (SSSR count). The second kappa shape index (κ2) is 11.1. The van der Waals surface area contributed by atoms with Crippen molar-refractivity contribution in [3.05, 3.63) is 106 Å². The van der Waals surface area contributed by atoms with Crippen LogP contribution < -0.4 is 5.32 Å². The summed E-state index contributed by atoms with van der Waals surface area (Å²) in [5.41, 5.74) is 9.04. The normalized spacial score (nSPS) is 12.7. The summed E-state index contributed by atoms with van der Waals surface area (Å²) in [7, 11) is -3.90. The zero-order chi connectivity index (χ0) is 23.1. The van der Waals surface area contributed by atoms with Crippen molar-refractivity contribution in [1.29, 1.82) is 0 Å². The molecule has 32 heavy (non-hydrogen) atoms. The van der Waals surface area contributed by atoms with E-state index in [1.54, 1.807) is 0 Å². The van der Waals surface area contributed by atoms with Gasteiger partial charge in [0.05, 0.1) is 6.16 Å². The first-order valence-corrected chi connectivity index (χ1v) is 13.0. The molecular formula is C27H34NO3P. The Kier molecular flexibility index (Phi) is 8.44. The van der Waals surface area contributed by atoms with Gasteiger partial charge in [-0.15, -0.1) is 0 Å². The van der Waals surface area contributed by atoms with E-state index in [9.17, 15) is 4.57 Å². The molecule has 3 N–H and O–H groups in total. The molecule has 1 unspecified atom stereocenters. The molecule has 0 spiro atoms. The maximum absolute atomic E-state index is 10.9. The van der Waals surface area contributed by atoms with Gasteiger partial charge in [-0.1, -0.05) is 72.3 Å². The van der Waals surface area contributed by atoms with Crippen molar-refractivity contribution in [2.45, 2.75) is 46.1 Å². The van der Waals surface area contributed by atoms with E-state index in [-0.39, 0.29) is 12.1 Å². The summed E-state index contributed by atoms with van der Waals surface area (Å²) in [6.07, 6.45) is 1.34. The van der Waals surface area contributed by atoms with Gasteiger partial charge in [0, 0.05) is 12.5 Å². The standard InChI is InChI=1S/C27H34NO3P/c1-20-6-4-7-26(16-20)27(18-24-9-8-21(2)22(3)17-24)25-12-10-23(11-13-25)19-28-14-5-15-32(29,30)31/h4,6-13,16-17,27-28H,5,14-15,18-19H2,1-3H3,(H2,29,30,31). The van der Waals surface area contributed by atoms with Crippen LogP contribution in [0.4, 0.5) is 0 Å². The first-order chi connectivity index (χ1) is 15.2. The highest BCUT2D eigenvalue weighted by molar-refractivity contribution is 7.51. The van der Waals surface area contributed by atoms with Crippen LogP contribution in [0.5, 0.6) is 0 Å². The number of nitrogens with one attached hydrogen (secondary N) is 1. The van der Waals surface area contributed by atoms with Crippen molar-refractivity contribution in [3.8, 4) is 0 Å². The van der Waals surface area contributed by atoms with Gasteiger partial charge in [0.25, 0.3) is 0 Å². The minimum atomic E-state index is -3.90. The molecule has 4 nitrogen and oxygen atoms in total. The maximum atomic E-state index is 10.9. The van der Waals surface area contributed by atoms with Gasteiger partial charge in [-0.05, 0) is 73.5 Å². The maximum Gasteiger partial charge on any atom is 0.325 e. The van der Waals surface area contributed by atoms with Crippen LogP contribution in [0.3, 0.4) is 0 Å². The van der Waals surface area contributed by atoms with Gasteiger partial charge in [-0.3, -0.25) is 4.57 Å². The van der Waals surface area contributed by atoms with Gasteiger partial charge >= 0.3 is 7.60 Å². The van der Waals surface area contributed by atoms with Crippen molar-refractivity contribution in [3.63, 3.8) is 0 Å². The van der Waals surface area contributed by atoms with Gasteiger partial charge in [0.15, 0.2) is 0 Å². The predicted octanol–water partition coefficient (Wildman–Crippen LogP) is 5.64. The highest BCUT2D eigenvalue weighted by atomic mass is 31.2. The third kappa shape index (κ3) is 7.43. The summed E-state index contributed by atoms with van der Waals surface area (Å²) in [5.74, 6) is 0.280. The summed E-state index contributed by atoms with van der Waals surface area (Å²) >= 11 is 0. The van der Waals surface area contributed by atoms with E-state index in [1.165, 1.54) is 38.9 Å². The smallest absolute Gasteiger partial charge is 0.324 e. The number of aryl methyl sites for hydroxylation is 3. The van der Waals surface area contributed by atoms with Crippen LogP contribution in [-0.2, 0) is 17.5 Å². The Bertz CT molecular complexity index is 1070. The lowest BCUT2D eigenvalue weighted by atomic mass is 9.84. The lowest BCUT2D eigenvalue weighted by molar-refractivity contribution is 0.371. The van der Waals surface area contributed by atoms with Crippen molar-refractivity contribution in [1.82, 2.24) is 5.32 Å². The van der Waals surface area contributed by atoms with Crippen LogP contribution in [0.15, 0.2) is 66.7 Å². The summed E-state index contributed by atoms with van der Waals surface area (Å²) in [5, 5.41) is 3.27. The van der Waals surface area contributed by atoms with Gasteiger partial charge in [-0.25, -0.2) is 0 Å². The third-order valence-corrected chi connectivity index (χ3v) is 6.87. The molecule has 0 aliphatic rings. The molecule has 3 aromatic rings. The molecule has 3 aromatic carbocycles. The van der Waals surface area contributed by atoms with Crippen LogP contribution >= 0.6 is 7.60 Å². The quantitative estimate of drug-likeness (QED) is 0.275. The van der Waals surface area contributed by atoms with E-state index in [4.69, 9.17) is 9.79 Å². The summed E-state index contributed by atoms with van der Waals surface area (Å²) in [6, 6.07) is 24.2. The molecule has 170 valence electrons. The monoisotopic (exact) mass is 451 g/mol. The molecule has 0 heterocycles. The van der Waals surface area contributed by atoms with Gasteiger partial charge in [0.2, 0.25) is 0 Å². The van der Waals surface area contributed by atoms with Crippen LogP contribution in [0.2, 0.25) is 0 Å². The Hall–Kier alpha value is -2.23. The fourth-order valence-corrected chi connectivity index (χ4v) is 4.56. The molecule has 0 saturated carbocycles. The number of hydrogen-bond donors (Lipinski definition) is 3. The number of benzene rings is 3. The van der Waals surface area contributed by atoms with Crippen LogP contribution in [-0.4, -0.2) is 22.5 Å². The molecular weight excluding hydrogens is 417 g/mol. The van der Waals surface area contributed by atoms with Gasteiger partial charge in [-0.2, -0.15) is 0 Å². The molecule has 0 saturated heterocycles. The fraction of sp³-hybridized carbons (Fsp3) is 0.333. The fourth-order valence-electron chi connectivity index (χ4n) is 3.99. The third-order valence-electron chi connectivity index (χ3n) is 5.97. The van der Waals surface area contributed by atoms with E-state index < -0.39 is 7.60 Å². The Morgan fingerprint density at radius 3 is 2.22 bits per heavy atom. The first-order valence-electron chi connectivity index (χ1n) is 11.2. The van der Waals surface area contributed by atoms with Crippen molar-refractivity contribution >= 4 is 7.60 Å². The summed E-state index contributed by atoms with van der Waals surface area (Å²) in [6.45, 7) is 7.73. The average molecular weight is 452 g/mol. The topological polar surface area (TPSA) is 69.6 Å². The second-order valence-electron chi connectivity index (χ2n) is 8.75. The number of hydrogen-bond acceptors (Lipinski definition) is 2. The van der Waals surface area contributed by atoms with E-state index in [1.807, 2.05) is 0 Å². The van der Waals surface area contributed by atoms with Crippen LogP contribution in [0, 0.1) is 20.8 Å². The zero-order valence-corrected chi connectivity index (χ0v) is 20.1. The molecule has 1 atom stereocenters. The van der Waals surface area contributed by atoms with Gasteiger partial charge in [0.1, 0.15) is 0 Å². The molecule has 5 heteroatoms. The largest absolute Gasteiger partial charge is 0.325 e. The van der Waals surface area contributed by atoms with Gasteiger partial charge < -0.3 is 15.1 Å². The van der Waals surface area contributed by atoms with Crippen LogP contribution in [0.25, 0.3) is 0 Å². The van der Waals surface area contributed by atoms with Crippen molar-refractivity contribution in [2.24, 2.45) is 0 Å². The lowest BCUT2D eigenvalue weighted by Crippen LogP contribution is -2.16. The molecule has 0 fully saturated rings. The molecule has 0 radical (unpaired) electrons. The Morgan fingerprint density at radius 1 is 0.844 bits per heavy atom. The minimum Gasteiger partial charge on any atom is -0.324 e. The SMILES string of the molecule is Cc1cccc(C(Cc2ccc(C)c(C)c2)c2ccc(CNCCCP(=O)(O)O)cc2)c1. The van der Waals surface area contributed by atoms with E-state index in [0.717, 1.165) is 6.42 Å². The zero-order valence-electron chi connectivity index (χ0n) is 19.2. The molecule has 0 aliphatic heterocycles. The summed E-state index contributed by atoms with van der Waals surface area (Å²) in [4.78, 5) is 17.9. The van der Waals surface area contributed by atoms with Crippen molar-refractivity contribution < 1.29 is 14.4 Å². The second-order valence-corrected chi connectivity index (χ2v) is 10.5. The lowest BCUT2D eigenvalue weighted by Gasteiger charge is -2.20. The Labute approximate surface area is 191 Å². The molecule has 0 bridgehead atoms. The van der Waals surface area contributed by atoms with Crippen molar-refractivity contribution in [2.75, 3.05) is 12.7 Å². The molecule has 0 amide bonds. The highest BCUT2D eigenvalue weighted by Crippen LogP contribution is 2.34. The minimum absolute atomic E-state index is 0.0738. The number of rotatable bonds is 10. The highest BCUT2D eigenvalue weighted by Gasteiger charge is 2.16. The summed E-state index contributed by atoms with van der Waals surface area (Å²) < 4.78 is 10.9. The van der Waals surface area contributed by atoms with Crippen LogP contribution in [0.1, 0.15) is 51.3 Å². The first kappa shape index (κ1) is 24.4. The average Bonchev–Trinajstić information content (AvgIpc) is 2.74. The van der Waals surface area contributed by atoms with E-state index in [0.29, 0.717) is 19.5 Å².